The van der Waals surface area contributed by atoms with Crippen LogP contribution >= 0.6 is 0 Å². The van der Waals surface area contributed by atoms with Crippen LogP contribution in [0.3, 0.4) is 0 Å². The number of nitro groups is 1. The normalized spacial score (nSPS) is 19.4. The highest BCUT2D eigenvalue weighted by Crippen LogP contribution is 2.41. The quantitative estimate of drug-likeness (QED) is 0.669. The summed E-state index contributed by atoms with van der Waals surface area (Å²) >= 11 is 0. The van der Waals surface area contributed by atoms with Crippen LogP contribution in [0.5, 0.6) is 0 Å². The maximum absolute atomic E-state index is 10.9. The van der Waals surface area contributed by atoms with Gasteiger partial charge in [0, 0.05) is 28.9 Å². The minimum Gasteiger partial charge on any atom is -0.356 e. The third kappa shape index (κ3) is 2.48. The fourth-order valence-electron chi connectivity index (χ4n) is 2.62. The van der Waals surface area contributed by atoms with Crippen molar-refractivity contribution in [2.45, 2.75) is 25.7 Å². The molecule has 0 bridgehead atoms. The van der Waals surface area contributed by atoms with E-state index < -0.39 is 16.8 Å². The lowest BCUT2D eigenvalue weighted by atomic mass is 9.93. The van der Waals surface area contributed by atoms with Crippen LogP contribution in [0.15, 0.2) is 48.5 Å². The Kier molecular flexibility index (Phi) is 3.14. The van der Waals surface area contributed by atoms with Gasteiger partial charge in [-0.1, -0.05) is 30.3 Å². The highest BCUT2D eigenvalue weighted by molar-refractivity contribution is 5.56. The summed E-state index contributed by atoms with van der Waals surface area (Å²) in [6.07, 6.45) is -0.408. The molecule has 0 saturated carbocycles. The van der Waals surface area contributed by atoms with Crippen molar-refractivity contribution in [2.24, 2.45) is 0 Å². The van der Waals surface area contributed by atoms with Crippen LogP contribution in [0.2, 0.25) is 0 Å². The molecule has 0 aliphatic carbocycles. The van der Waals surface area contributed by atoms with E-state index in [1.165, 1.54) is 6.07 Å². The maximum Gasteiger partial charge on any atom is 0.269 e. The van der Waals surface area contributed by atoms with Crippen LogP contribution in [0.1, 0.15) is 31.2 Å². The minimum atomic E-state index is -0.461. The number of hydrogen-bond acceptors (Lipinski definition) is 4. The number of para-hydroxylation sites is 1. The Balaban J connectivity index is 1.99. The van der Waals surface area contributed by atoms with E-state index in [9.17, 15) is 10.1 Å². The van der Waals surface area contributed by atoms with Crippen molar-refractivity contribution in [2.75, 3.05) is 5.32 Å². The number of ether oxygens (including phenoxy) is 1. The number of anilines is 1. The lowest BCUT2D eigenvalue weighted by Crippen LogP contribution is -2.34. The van der Waals surface area contributed by atoms with E-state index in [1.807, 2.05) is 44.2 Å². The summed E-state index contributed by atoms with van der Waals surface area (Å²) in [5.41, 5.74) is 2.41. The largest absolute Gasteiger partial charge is 0.356 e. The molecular weight excluding hydrogens is 268 g/mol. The Morgan fingerprint density at radius 3 is 2.71 bits per heavy atom. The van der Waals surface area contributed by atoms with E-state index in [-0.39, 0.29) is 5.69 Å². The first kappa shape index (κ1) is 13.6. The van der Waals surface area contributed by atoms with Gasteiger partial charge in [-0.3, -0.25) is 10.1 Å². The molecule has 3 rings (SSSR count). The smallest absolute Gasteiger partial charge is 0.269 e. The number of non-ortho nitro benzene ring substituents is 1. The molecule has 1 aliphatic rings. The van der Waals surface area contributed by atoms with Crippen molar-refractivity contribution in [1.29, 1.82) is 0 Å². The van der Waals surface area contributed by atoms with Crippen molar-refractivity contribution in [3.8, 4) is 0 Å². The molecule has 21 heavy (non-hydrogen) atoms. The van der Waals surface area contributed by atoms with Crippen LogP contribution < -0.4 is 5.32 Å². The Morgan fingerprint density at radius 1 is 1.19 bits per heavy atom. The monoisotopic (exact) mass is 284 g/mol. The van der Waals surface area contributed by atoms with Crippen molar-refractivity contribution < 1.29 is 9.66 Å². The number of nitro benzene ring substituents is 1. The molecule has 1 heterocycles. The van der Waals surface area contributed by atoms with Gasteiger partial charge in [-0.15, -0.1) is 0 Å². The van der Waals surface area contributed by atoms with Gasteiger partial charge in [0.05, 0.1) is 10.5 Å². The predicted octanol–water partition coefficient (Wildman–Crippen LogP) is 3.97. The summed E-state index contributed by atoms with van der Waals surface area (Å²) in [6, 6.07) is 14.5. The van der Waals surface area contributed by atoms with Gasteiger partial charge in [0.25, 0.3) is 5.69 Å². The molecule has 0 radical (unpaired) electrons. The fraction of sp³-hybridized carbons (Fsp3) is 0.250. The number of nitrogens with one attached hydrogen (secondary N) is 1. The van der Waals surface area contributed by atoms with Crippen LogP contribution in [0.4, 0.5) is 11.4 Å². The molecule has 0 unspecified atom stereocenters. The molecule has 1 N–H and O–H groups in total. The second-order valence-electron chi connectivity index (χ2n) is 5.55. The lowest BCUT2D eigenvalue weighted by molar-refractivity contribution is -0.385. The Morgan fingerprint density at radius 2 is 1.95 bits per heavy atom. The van der Waals surface area contributed by atoms with Gasteiger partial charge >= 0.3 is 0 Å². The molecule has 2 aromatic rings. The number of fused-ring (bicyclic) bond motifs is 1. The zero-order valence-electron chi connectivity index (χ0n) is 11.9. The molecule has 1 atom stereocenters. The van der Waals surface area contributed by atoms with Gasteiger partial charge in [-0.05, 0) is 19.9 Å². The van der Waals surface area contributed by atoms with Gasteiger partial charge in [0.1, 0.15) is 0 Å². The molecule has 0 aromatic heterocycles. The van der Waals surface area contributed by atoms with E-state index in [0.717, 1.165) is 16.8 Å². The Hall–Kier alpha value is -2.40. The number of benzene rings is 2. The maximum atomic E-state index is 10.9. The molecule has 5 heteroatoms. The molecule has 0 fully saturated rings. The van der Waals surface area contributed by atoms with Crippen LogP contribution in [-0.2, 0) is 10.3 Å². The van der Waals surface area contributed by atoms with E-state index in [4.69, 9.17) is 4.74 Å². The predicted molar refractivity (Wildman–Crippen MR) is 80.0 cm³/mol. The van der Waals surface area contributed by atoms with E-state index >= 15 is 0 Å². The third-order valence-corrected chi connectivity index (χ3v) is 3.66. The molecule has 0 saturated heterocycles. The zero-order valence-corrected chi connectivity index (χ0v) is 11.9. The molecule has 0 spiro atoms. The fourth-order valence-corrected chi connectivity index (χ4v) is 2.62. The summed E-state index contributed by atoms with van der Waals surface area (Å²) in [4.78, 5) is 10.5. The first-order chi connectivity index (χ1) is 9.97. The Bertz CT molecular complexity index is 697. The van der Waals surface area contributed by atoms with E-state index in [2.05, 4.69) is 5.32 Å². The van der Waals surface area contributed by atoms with Gasteiger partial charge in [-0.2, -0.15) is 0 Å². The number of hydrogen-bond donors (Lipinski definition) is 1. The van der Waals surface area contributed by atoms with E-state index in [0.29, 0.717) is 0 Å². The topological polar surface area (TPSA) is 64.4 Å². The van der Waals surface area contributed by atoms with Crippen molar-refractivity contribution >= 4 is 11.4 Å². The molecule has 5 nitrogen and oxygen atoms in total. The van der Waals surface area contributed by atoms with Crippen molar-refractivity contribution in [3.63, 3.8) is 0 Å². The molecular formula is C16H16N2O3. The van der Waals surface area contributed by atoms with Crippen molar-refractivity contribution in [3.05, 3.63) is 69.8 Å². The van der Waals surface area contributed by atoms with Crippen LogP contribution in [0.25, 0.3) is 0 Å². The number of nitrogens with zero attached hydrogens (tertiary/aromatic N) is 1. The van der Waals surface area contributed by atoms with Gasteiger partial charge in [-0.25, -0.2) is 0 Å². The summed E-state index contributed by atoms with van der Waals surface area (Å²) < 4.78 is 6.09. The molecule has 108 valence electrons. The second kappa shape index (κ2) is 4.86. The SMILES string of the molecule is CC1(C)O[C@@H](c2cccc([N+](=O)[O-])c2)Nc2ccccc21. The van der Waals surface area contributed by atoms with Gasteiger partial charge in [0.15, 0.2) is 6.23 Å². The van der Waals surface area contributed by atoms with E-state index in [1.54, 1.807) is 12.1 Å². The molecule has 1 aliphatic heterocycles. The highest BCUT2D eigenvalue weighted by atomic mass is 16.6. The first-order valence-corrected chi connectivity index (χ1v) is 6.75. The second-order valence-corrected chi connectivity index (χ2v) is 5.55. The highest BCUT2D eigenvalue weighted by Gasteiger charge is 2.34. The summed E-state index contributed by atoms with van der Waals surface area (Å²) in [7, 11) is 0. The average molecular weight is 284 g/mol. The summed E-state index contributed by atoms with van der Waals surface area (Å²) in [5.74, 6) is 0. The van der Waals surface area contributed by atoms with Crippen LogP contribution in [-0.4, -0.2) is 4.92 Å². The van der Waals surface area contributed by atoms with Crippen LogP contribution in [0, 0.1) is 10.1 Å². The lowest BCUT2D eigenvalue weighted by Gasteiger charge is -2.39. The summed E-state index contributed by atoms with van der Waals surface area (Å²) in [5, 5.41) is 14.2. The Labute approximate surface area is 122 Å². The molecule has 2 aromatic carbocycles. The first-order valence-electron chi connectivity index (χ1n) is 6.75. The standard InChI is InChI=1S/C16H16N2O3/c1-16(2)13-8-3-4-9-14(13)17-15(21-16)11-6-5-7-12(10-11)18(19)20/h3-10,15,17H,1-2H3/t15-/m0/s1. The average Bonchev–Trinajstić information content (AvgIpc) is 2.46. The van der Waals surface area contributed by atoms with Crippen molar-refractivity contribution in [1.82, 2.24) is 0 Å². The number of rotatable bonds is 2. The summed E-state index contributed by atoms with van der Waals surface area (Å²) in [6.45, 7) is 3.99. The zero-order chi connectivity index (χ0) is 15.0. The van der Waals surface area contributed by atoms with Gasteiger partial charge < -0.3 is 10.1 Å². The minimum absolute atomic E-state index is 0.0644. The molecule has 0 amide bonds. The van der Waals surface area contributed by atoms with Gasteiger partial charge in [0.2, 0.25) is 0 Å². The third-order valence-electron chi connectivity index (χ3n) is 3.66.